The summed E-state index contributed by atoms with van der Waals surface area (Å²) in [5, 5.41) is -0.112. The lowest BCUT2D eigenvalue weighted by Crippen LogP contribution is -2.55. The minimum absolute atomic E-state index is 0.0767. The van der Waals surface area contributed by atoms with Gasteiger partial charge in [-0.1, -0.05) is 11.6 Å². The first-order valence-corrected chi connectivity index (χ1v) is 10.9. The van der Waals surface area contributed by atoms with E-state index in [0.29, 0.717) is 30.8 Å². The van der Waals surface area contributed by atoms with Gasteiger partial charge in [0.2, 0.25) is 10.0 Å². The van der Waals surface area contributed by atoms with Crippen molar-refractivity contribution in [1.82, 2.24) is 19.1 Å². The van der Waals surface area contributed by atoms with Crippen molar-refractivity contribution in [1.29, 1.82) is 0 Å². The molecule has 0 unspecified atom stereocenters. The highest BCUT2D eigenvalue weighted by Gasteiger charge is 2.35. The molecule has 2 saturated heterocycles. The lowest BCUT2D eigenvalue weighted by atomic mass is 10.3. The SMILES string of the molecule is O=C(C(=O)N1CCN(S(=O)(=O)c2cc(Br)cnc2Cl)CC1)N1CCOCC1. The Balaban J connectivity index is 1.65. The van der Waals surface area contributed by atoms with Gasteiger partial charge in [-0.15, -0.1) is 0 Å². The number of ether oxygens (including phenoxy) is 1. The number of hydrogen-bond acceptors (Lipinski definition) is 6. The van der Waals surface area contributed by atoms with Gasteiger partial charge >= 0.3 is 11.8 Å². The van der Waals surface area contributed by atoms with E-state index in [1.54, 1.807) is 0 Å². The molecular weight excluding hydrogens is 464 g/mol. The van der Waals surface area contributed by atoms with Gasteiger partial charge in [-0.2, -0.15) is 4.31 Å². The summed E-state index contributed by atoms with van der Waals surface area (Å²) in [6.07, 6.45) is 1.41. The standard InChI is InChI=1S/C15H18BrClN4O5S/c16-11-9-12(13(17)18-10-11)27(24,25)21-3-1-19(2-4-21)14(22)15(23)20-5-7-26-8-6-20/h9-10H,1-8H2. The van der Waals surface area contributed by atoms with E-state index in [1.165, 1.54) is 26.4 Å². The predicted octanol–water partition coefficient (Wildman–Crippen LogP) is 0.189. The van der Waals surface area contributed by atoms with Crippen LogP contribution >= 0.6 is 27.5 Å². The molecule has 2 amide bonds. The van der Waals surface area contributed by atoms with Gasteiger partial charge in [0.1, 0.15) is 10.0 Å². The first-order chi connectivity index (χ1) is 12.8. The van der Waals surface area contributed by atoms with Gasteiger partial charge in [0.25, 0.3) is 0 Å². The minimum Gasteiger partial charge on any atom is -0.378 e. The quantitative estimate of drug-likeness (QED) is 0.442. The molecule has 1 aromatic rings. The van der Waals surface area contributed by atoms with Crippen LogP contribution in [0, 0.1) is 0 Å². The van der Waals surface area contributed by atoms with Crippen molar-refractivity contribution in [2.45, 2.75) is 4.90 Å². The lowest BCUT2D eigenvalue weighted by Gasteiger charge is -2.35. The lowest BCUT2D eigenvalue weighted by molar-refractivity contribution is -0.154. The molecule has 1 aromatic heterocycles. The van der Waals surface area contributed by atoms with Gasteiger partial charge in [0, 0.05) is 49.9 Å². The Morgan fingerprint density at radius 2 is 1.59 bits per heavy atom. The highest BCUT2D eigenvalue weighted by atomic mass is 79.9. The molecule has 0 aliphatic carbocycles. The number of carbonyl (C=O) groups is 2. The molecule has 3 heterocycles. The summed E-state index contributed by atoms with van der Waals surface area (Å²) < 4.78 is 32.5. The van der Waals surface area contributed by atoms with E-state index in [9.17, 15) is 18.0 Å². The molecule has 2 aliphatic heterocycles. The second-order valence-electron chi connectivity index (χ2n) is 6.04. The van der Waals surface area contributed by atoms with Crippen LogP contribution in [0.4, 0.5) is 0 Å². The van der Waals surface area contributed by atoms with E-state index >= 15 is 0 Å². The van der Waals surface area contributed by atoms with Crippen molar-refractivity contribution < 1.29 is 22.7 Å². The van der Waals surface area contributed by atoms with Gasteiger partial charge in [-0.3, -0.25) is 9.59 Å². The molecule has 27 heavy (non-hydrogen) atoms. The zero-order valence-electron chi connectivity index (χ0n) is 14.3. The maximum atomic E-state index is 12.8. The zero-order valence-corrected chi connectivity index (χ0v) is 17.5. The molecule has 0 radical (unpaired) electrons. The van der Waals surface area contributed by atoms with Crippen molar-refractivity contribution >= 4 is 49.4 Å². The summed E-state index contributed by atoms with van der Waals surface area (Å²) in [7, 11) is -3.85. The molecule has 0 N–H and O–H groups in total. The molecule has 0 spiro atoms. The fourth-order valence-electron chi connectivity index (χ4n) is 2.89. The Morgan fingerprint density at radius 3 is 2.19 bits per heavy atom. The van der Waals surface area contributed by atoms with Crippen molar-refractivity contribution in [3.05, 3.63) is 21.9 Å². The number of pyridine rings is 1. The Hall–Kier alpha value is -1.27. The van der Waals surface area contributed by atoms with Gasteiger partial charge in [-0.05, 0) is 22.0 Å². The number of aromatic nitrogens is 1. The number of rotatable bonds is 2. The smallest absolute Gasteiger partial charge is 0.312 e. The molecule has 148 valence electrons. The average Bonchev–Trinajstić information content (AvgIpc) is 2.69. The summed E-state index contributed by atoms with van der Waals surface area (Å²) in [5.74, 6) is -1.19. The topological polar surface area (TPSA) is 100 Å². The van der Waals surface area contributed by atoms with E-state index < -0.39 is 21.8 Å². The van der Waals surface area contributed by atoms with Crippen molar-refractivity contribution in [2.24, 2.45) is 0 Å². The Bertz CT molecular complexity index is 839. The molecule has 0 aromatic carbocycles. The zero-order chi connectivity index (χ0) is 19.6. The van der Waals surface area contributed by atoms with Gasteiger partial charge in [0.05, 0.1) is 13.2 Å². The first kappa shape index (κ1) is 20.5. The molecule has 2 fully saturated rings. The molecule has 0 bridgehead atoms. The van der Waals surface area contributed by atoms with Crippen LogP contribution in [-0.2, 0) is 24.3 Å². The van der Waals surface area contributed by atoms with Crippen LogP contribution in [-0.4, -0.2) is 91.8 Å². The van der Waals surface area contributed by atoms with Gasteiger partial charge in [0.15, 0.2) is 0 Å². The number of hydrogen-bond donors (Lipinski definition) is 0. The summed E-state index contributed by atoms with van der Waals surface area (Å²) in [4.78, 5) is 31.3. The highest BCUT2D eigenvalue weighted by molar-refractivity contribution is 9.10. The largest absolute Gasteiger partial charge is 0.378 e. The summed E-state index contributed by atoms with van der Waals surface area (Å²) in [5.41, 5.74) is 0. The number of piperazine rings is 1. The second-order valence-corrected chi connectivity index (χ2v) is 9.22. The van der Waals surface area contributed by atoms with Crippen LogP contribution < -0.4 is 0 Å². The maximum absolute atomic E-state index is 12.8. The normalized spacial score (nSPS) is 19.2. The number of morpholine rings is 1. The van der Waals surface area contributed by atoms with Gasteiger partial charge < -0.3 is 14.5 Å². The molecule has 0 saturated carbocycles. The summed E-state index contributed by atoms with van der Waals surface area (Å²) in [6, 6.07) is 1.39. The number of amides is 2. The molecule has 2 aliphatic rings. The van der Waals surface area contributed by atoms with E-state index in [2.05, 4.69) is 20.9 Å². The third-order valence-electron chi connectivity index (χ3n) is 4.40. The van der Waals surface area contributed by atoms with Crippen LogP contribution in [0.25, 0.3) is 0 Å². The monoisotopic (exact) mass is 480 g/mol. The number of halogens is 2. The molecule has 9 nitrogen and oxygen atoms in total. The van der Waals surface area contributed by atoms with Crippen LogP contribution in [0.15, 0.2) is 21.6 Å². The minimum atomic E-state index is -3.85. The summed E-state index contributed by atoms with van der Waals surface area (Å²) in [6.45, 7) is 2.00. The average molecular weight is 482 g/mol. The highest BCUT2D eigenvalue weighted by Crippen LogP contribution is 2.26. The number of nitrogens with zero attached hydrogens (tertiary/aromatic N) is 4. The van der Waals surface area contributed by atoms with E-state index in [4.69, 9.17) is 16.3 Å². The third-order valence-corrected chi connectivity index (χ3v) is 7.16. The van der Waals surface area contributed by atoms with Gasteiger partial charge in [-0.25, -0.2) is 13.4 Å². The van der Waals surface area contributed by atoms with E-state index in [-0.39, 0.29) is 36.2 Å². The van der Waals surface area contributed by atoms with E-state index in [1.807, 2.05) is 0 Å². The van der Waals surface area contributed by atoms with Crippen LogP contribution in [0.2, 0.25) is 5.15 Å². The van der Waals surface area contributed by atoms with E-state index in [0.717, 1.165) is 0 Å². The third kappa shape index (κ3) is 4.43. The van der Waals surface area contributed by atoms with Crippen molar-refractivity contribution in [2.75, 3.05) is 52.5 Å². The number of sulfonamides is 1. The molecule has 3 rings (SSSR count). The first-order valence-electron chi connectivity index (χ1n) is 8.28. The van der Waals surface area contributed by atoms with Crippen molar-refractivity contribution in [3.63, 3.8) is 0 Å². The maximum Gasteiger partial charge on any atom is 0.312 e. The Labute approximate surface area is 170 Å². The van der Waals surface area contributed by atoms with Crippen LogP contribution in [0.3, 0.4) is 0 Å². The molecule has 12 heteroatoms. The Kier molecular flexibility index (Phi) is 6.36. The predicted molar refractivity (Wildman–Crippen MR) is 99.7 cm³/mol. The van der Waals surface area contributed by atoms with Crippen LogP contribution in [0.1, 0.15) is 0 Å². The Morgan fingerprint density at radius 1 is 1.04 bits per heavy atom. The van der Waals surface area contributed by atoms with Crippen LogP contribution in [0.5, 0.6) is 0 Å². The van der Waals surface area contributed by atoms with Crippen molar-refractivity contribution in [3.8, 4) is 0 Å². The second kappa shape index (κ2) is 8.39. The fraction of sp³-hybridized carbons (Fsp3) is 0.533. The number of carbonyl (C=O) groups excluding carboxylic acids is 2. The molecule has 0 atom stereocenters. The molecular formula is C15H18BrClN4O5S. The summed E-state index contributed by atoms with van der Waals surface area (Å²) >= 11 is 9.13. The fourth-order valence-corrected chi connectivity index (χ4v) is 5.23.